The van der Waals surface area contributed by atoms with Gasteiger partial charge in [0.25, 0.3) is 0 Å². The molecule has 3 aromatic rings. The van der Waals surface area contributed by atoms with Crippen LogP contribution in [0.5, 0.6) is 0 Å². The molecule has 0 unspecified atom stereocenters. The zero-order valence-corrected chi connectivity index (χ0v) is 18.2. The van der Waals surface area contributed by atoms with E-state index in [1.54, 1.807) is 13.1 Å². The minimum atomic E-state index is -0.0178. The van der Waals surface area contributed by atoms with Crippen LogP contribution >= 0.6 is 0 Å². The van der Waals surface area contributed by atoms with Crippen LogP contribution in [-0.4, -0.2) is 52.2 Å². The molecule has 9 nitrogen and oxygen atoms in total. The predicted molar refractivity (Wildman–Crippen MR) is 119 cm³/mol. The van der Waals surface area contributed by atoms with Gasteiger partial charge in [-0.05, 0) is 37.1 Å². The van der Waals surface area contributed by atoms with E-state index < -0.39 is 0 Å². The van der Waals surface area contributed by atoms with Gasteiger partial charge in [-0.15, -0.1) is 0 Å². The molecule has 0 aliphatic carbocycles. The molecule has 1 fully saturated rings. The Labute approximate surface area is 186 Å². The van der Waals surface area contributed by atoms with Gasteiger partial charge in [0.15, 0.2) is 12.2 Å². The number of amides is 1. The van der Waals surface area contributed by atoms with E-state index in [-0.39, 0.29) is 12.1 Å². The van der Waals surface area contributed by atoms with Crippen LogP contribution in [0.3, 0.4) is 0 Å². The molecule has 0 bridgehead atoms. The molecule has 0 saturated carbocycles. The number of anilines is 3. The van der Waals surface area contributed by atoms with Gasteiger partial charge in [0.05, 0.1) is 18.4 Å². The molecule has 2 aliphatic rings. The number of carbonyl (C=O) groups excluding carboxylic acids is 1. The van der Waals surface area contributed by atoms with Gasteiger partial charge < -0.3 is 24.3 Å². The molecule has 5 rings (SSSR count). The third kappa shape index (κ3) is 4.03. The van der Waals surface area contributed by atoms with E-state index in [0.29, 0.717) is 25.5 Å². The molecule has 1 N–H and O–H groups in total. The van der Waals surface area contributed by atoms with E-state index in [2.05, 4.69) is 15.2 Å². The highest BCUT2D eigenvalue weighted by Crippen LogP contribution is 2.31. The molecule has 1 amide bonds. The number of hydrogen-bond acceptors (Lipinski definition) is 8. The second-order valence-corrected chi connectivity index (χ2v) is 8.13. The number of benzene rings is 1. The number of aromatic nitrogens is 3. The number of fused-ring (bicyclic) bond motifs is 1. The Morgan fingerprint density at radius 3 is 2.78 bits per heavy atom. The van der Waals surface area contributed by atoms with Gasteiger partial charge in [-0.1, -0.05) is 0 Å². The maximum atomic E-state index is 12.0. The summed E-state index contributed by atoms with van der Waals surface area (Å²) in [6.45, 7) is 3.54. The Kier molecular flexibility index (Phi) is 5.48. The topological polar surface area (TPSA) is 96.6 Å². The molecule has 1 saturated heterocycles. The highest BCUT2D eigenvalue weighted by molar-refractivity contribution is 5.74. The molecule has 2 aromatic heterocycles. The van der Waals surface area contributed by atoms with E-state index in [1.807, 2.05) is 36.2 Å². The summed E-state index contributed by atoms with van der Waals surface area (Å²) in [7, 11) is 2.00. The second kappa shape index (κ2) is 8.58. The van der Waals surface area contributed by atoms with Gasteiger partial charge in [0.1, 0.15) is 12.0 Å². The summed E-state index contributed by atoms with van der Waals surface area (Å²) >= 11 is 0. The fourth-order valence-corrected chi connectivity index (χ4v) is 4.22. The Hall–Kier alpha value is -3.46. The summed E-state index contributed by atoms with van der Waals surface area (Å²) in [4.78, 5) is 29.5. The molecule has 0 spiro atoms. The lowest BCUT2D eigenvalue weighted by molar-refractivity contribution is -0.129. The maximum absolute atomic E-state index is 12.0. The third-order valence-corrected chi connectivity index (χ3v) is 6.01. The lowest BCUT2D eigenvalue weighted by Crippen LogP contribution is -2.38. The van der Waals surface area contributed by atoms with Gasteiger partial charge in [-0.25, -0.2) is 9.97 Å². The molecule has 1 aromatic carbocycles. The van der Waals surface area contributed by atoms with Gasteiger partial charge >= 0.3 is 0 Å². The van der Waals surface area contributed by atoms with Gasteiger partial charge in [-0.2, -0.15) is 4.98 Å². The number of ether oxygens (including phenoxy) is 1. The summed E-state index contributed by atoms with van der Waals surface area (Å²) in [5.74, 6) is 2.13. The molecule has 1 atom stereocenters. The highest BCUT2D eigenvalue weighted by Gasteiger charge is 2.29. The van der Waals surface area contributed by atoms with E-state index in [1.165, 1.54) is 6.39 Å². The molecular weight excluding hydrogens is 408 g/mol. The zero-order chi connectivity index (χ0) is 22.1. The Balaban J connectivity index is 1.45. The van der Waals surface area contributed by atoms with Crippen LogP contribution in [0.25, 0.3) is 11.3 Å². The predicted octanol–water partition coefficient (Wildman–Crippen LogP) is 3.35. The van der Waals surface area contributed by atoms with Crippen LogP contribution in [0.15, 0.2) is 41.3 Å². The van der Waals surface area contributed by atoms with Crippen LogP contribution in [-0.2, 0) is 22.5 Å². The van der Waals surface area contributed by atoms with Crippen molar-refractivity contribution in [3.05, 3.63) is 48.1 Å². The quantitative estimate of drug-likeness (QED) is 0.653. The zero-order valence-electron chi connectivity index (χ0n) is 18.2. The first-order valence-corrected chi connectivity index (χ1v) is 10.8. The number of nitrogens with zero attached hydrogens (tertiary/aromatic N) is 5. The standard InChI is InChI=1S/C23H26N6O3/c1-15(30)29-10-9-19-18(13-29)22(28(2)21-4-3-11-31-21)27-23(26-19)25-17-7-5-16(6-8-17)20-12-24-14-32-20/h5-8,12,14,21H,3-4,9-11,13H2,1-2H3,(H,25,26,27)/t21-/m0/s1. The van der Waals surface area contributed by atoms with E-state index in [4.69, 9.17) is 19.1 Å². The molecular formula is C23H26N6O3. The van der Waals surface area contributed by atoms with Crippen molar-refractivity contribution in [3.63, 3.8) is 0 Å². The van der Waals surface area contributed by atoms with Gasteiger partial charge in [-0.3, -0.25) is 4.79 Å². The highest BCUT2D eigenvalue weighted by atomic mass is 16.5. The van der Waals surface area contributed by atoms with Crippen LogP contribution < -0.4 is 10.2 Å². The Morgan fingerprint density at radius 1 is 1.25 bits per heavy atom. The molecule has 32 heavy (non-hydrogen) atoms. The van der Waals surface area contributed by atoms with E-state index >= 15 is 0 Å². The summed E-state index contributed by atoms with van der Waals surface area (Å²) < 4.78 is 11.2. The largest absolute Gasteiger partial charge is 0.444 e. The Bertz CT molecular complexity index is 1090. The van der Waals surface area contributed by atoms with Crippen molar-refractivity contribution in [1.29, 1.82) is 0 Å². The lowest BCUT2D eigenvalue weighted by Gasteiger charge is -2.33. The Morgan fingerprint density at radius 2 is 2.09 bits per heavy atom. The lowest BCUT2D eigenvalue weighted by atomic mass is 10.1. The molecule has 4 heterocycles. The number of hydrogen-bond donors (Lipinski definition) is 1. The fraction of sp³-hybridized carbons (Fsp3) is 0.391. The number of oxazole rings is 1. The van der Waals surface area contributed by atoms with Crippen molar-refractivity contribution in [2.45, 2.75) is 39.0 Å². The smallest absolute Gasteiger partial charge is 0.229 e. The monoisotopic (exact) mass is 434 g/mol. The fourth-order valence-electron chi connectivity index (χ4n) is 4.22. The van der Waals surface area contributed by atoms with Gasteiger partial charge in [0, 0.05) is 50.4 Å². The van der Waals surface area contributed by atoms with Crippen molar-refractivity contribution in [2.24, 2.45) is 0 Å². The van der Waals surface area contributed by atoms with Crippen molar-refractivity contribution in [3.8, 4) is 11.3 Å². The second-order valence-electron chi connectivity index (χ2n) is 8.13. The van der Waals surface area contributed by atoms with Crippen LogP contribution in [0.2, 0.25) is 0 Å². The van der Waals surface area contributed by atoms with Crippen molar-refractivity contribution >= 4 is 23.4 Å². The minimum absolute atomic E-state index is 0.0178. The average Bonchev–Trinajstić information content (AvgIpc) is 3.53. The molecule has 0 radical (unpaired) electrons. The maximum Gasteiger partial charge on any atom is 0.229 e. The average molecular weight is 435 g/mol. The van der Waals surface area contributed by atoms with Crippen molar-refractivity contribution in [2.75, 3.05) is 30.4 Å². The van der Waals surface area contributed by atoms with Crippen molar-refractivity contribution in [1.82, 2.24) is 19.9 Å². The minimum Gasteiger partial charge on any atom is -0.444 e. The summed E-state index contributed by atoms with van der Waals surface area (Å²) in [6.07, 6.45) is 5.77. The first-order chi connectivity index (χ1) is 15.6. The number of rotatable bonds is 5. The molecule has 166 valence electrons. The first-order valence-electron chi connectivity index (χ1n) is 10.8. The molecule has 2 aliphatic heterocycles. The van der Waals surface area contributed by atoms with Crippen molar-refractivity contribution < 1.29 is 13.9 Å². The first kappa shape index (κ1) is 20.4. The normalized spacial score (nSPS) is 17.8. The van der Waals surface area contributed by atoms with Crippen LogP contribution in [0.1, 0.15) is 31.0 Å². The summed E-state index contributed by atoms with van der Waals surface area (Å²) in [5, 5.41) is 3.33. The van der Waals surface area contributed by atoms with Crippen LogP contribution in [0.4, 0.5) is 17.5 Å². The van der Waals surface area contributed by atoms with Crippen LogP contribution in [0, 0.1) is 0 Å². The molecule has 9 heteroatoms. The SMILES string of the molecule is CC(=O)N1CCc2nc(Nc3ccc(-c4cnco4)cc3)nc(N(C)[C@@H]3CCCO3)c2C1. The third-order valence-electron chi connectivity index (χ3n) is 6.01. The summed E-state index contributed by atoms with van der Waals surface area (Å²) in [5.41, 5.74) is 3.79. The number of carbonyl (C=O) groups is 1. The summed E-state index contributed by atoms with van der Waals surface area (Å²) in [6, 6.07) is 7.85. The van der Waals surface area contributed by atoms with E-state index in [0.717, 1.165) is 53.5 Å². The van der Waals surface area contributed by atoms with E-state index in [9.17, 15) is 4.79 Å². The van der Waals surface area contributed by atoms with Gasteiger partial charge in [0.2, 0.25) is 11.9 Å². The number of nitrogens with one attached hydrogen (secondary N) is 1.